The Labute approximate surface area is 101 Å². The molecular formula is C11H19N5O. The quantitative estimate of drug-likeness (QED) is 0.770. The monoisotopic (exact) mass is 237 g/mol. The smallest absolute Gasteiger partial charge is 0.244 e. The molecule has 0 spiro atoms. The van der Waals surface area contributed by atoms with Gasteiger partial charge in [-0.2, -0.15) is 5.10 Å². The highest BCUT2D eigenvalue weighted by molar-refractivity contribution is 5.79. The molecule has 0 bridgehead atoms. The van der Waals surface area contributed by atoms with Gasteiger partial charge in [0.25, 0.3) is 0 Å². The maximum absolute atomic E-state index is 11.9. The Morgan fingerprint density at radius 3 is 3.24 bits per heavy atom. The van der Waals surface area contributed by atoms with Crippen molar-refractivity contribution in [3.8, 4) is 0 Å². The number of rotatable bonds is 4. The Bertz CT molecular complexity index is 345. The number of nitrogens with zero attached hydrogens (tertiary/aromatic N) is 3. The van der Waals surface area contributed by atoms with Crippen molar-refractivity contribution in [1.82, 2.24) is 25.4 Å². The van der Waals surface area contributed by atoms with Gasteiger partial charge in [0.05, 0.1) is 0 Å². The van der Waals surface area contributed by atoms with Crippen molar-refractivity contribution in [3.05, 3.63) is 12.7 Å². The molecule has 0 saturated carbocycles. The van der Waals surface area contributed by atoms with Gasteiger partial charge in [-0.25, -0.2) is 9.67 Å². The van der Waals surface area contributed by atoms with Crippen LogP contribution < -0.4 is 10.6 Å². The van der Waals surface area contributed by atoms with Crippen LogP contribution in [0.3, 0.4) is 0 Å². The van der Waals surface area contributed by atoms with E-state index in [0.29, 0.717) is 5.92 Å². The van der Waals surface area contributed by atoms with Crippen LogP contribution in [0.15, 0.2) is 12.7 Å². The number of piperidine rings is 1. The van der Waals surface area contributed by atoms with Crippen LogP contribution in [-0.4, -0.2) is 40.3 Å². The molecule has 6 nitrogen and oxygen atoms in total. The molecule has 1 saturated heterocycles. The Kier molecular flexibility index (Phi) is 4.08. The molecule has 2 unspecified atom stereocenters. The summed E-state index contributed by atoms with van der Waals surface area (Å²) >= 11 is 0. The van der Waals surface area contributed by atoms with Crippen LogP contribution in [0.1, 0.15) is 25.8 Å². The van der Waals surface area contributed by atoms with Crippen LogP contribution in [-0.2, 0) is 4.79 Å². The van der Waals surface area contributed by atoms with Crippen LogP contribution >= 0.6 is 0 Å². The second kappa shape index (κ2) is 5.77. The summed E-state index contributed by atoms with van der Waals surface area (Å²) in [7, 11) is 0. The largest absolute Gasteiger partial charge is 0.354 e. The molecule has 1 aliphatic heterocycles. The third-order valence-corrected chi connectivity index (χ3v) is 3.18. The first-order valence-corrected chi connectivity index (χ1v) is 6.10. The molecule has 2 rings (SSSR count). The highest BCUT2D eigenvalue weighted by atomic mass is 16.2. The van der Waals surface area contributed by atoms with Crippen molar-refractivity contribution in [2.45, 2.75) is 25.8 Å². The summed E-state index contributed by atoms with van der Waals surface area (Å²) < 4.78 is 1.56. The molecule has 2 atom stereocenters. The van der Waals surface area contributed by atoms with Gasteiger partial charge in [0.15, 0.2) is 0 Å². The second-order valence-electron chi connectivity index (χ2n) is 4.51. The van der Waals surface area contributed by atoms with Crippen molar-refractivity contribution < 1.29 is 4.79 Å². The number of amides is 1. The summed E-state index contributed by atoms with van der Waals surface area (Å²) in [6.07, 6.45) is 5.38. The summed E-state index contributed by atoms with van der Waals surface area (Å²) in [4.78, 5) is 15.7. The summed E-state index contributed by atoms with van der Waals surface area (Å²) in [6.45, 7) is 4.66. The van der Waals surface area contributed by atoms with E-state index in [1.807, 2.05) is 6.92 Å². The predicted molar refractivity (Wildman–Crippen MR) is 63.3 cm³/mol. The maximum atomic E-state index is 11.9. The van der Waals surface area contributed by atoms with Gasteiger partial charge in [-0.05, 0) is 38.8 Å². The Hall–Kier alpha value is -1.43. The Morgan fingerprint density at radius 2 is 2.59 bits per heavy atom. The summed E-state index contributed by atoms with van der Waals surface area (Å²) in [6, 6.07) is -0.297. The Balaban J connectivity index is 1.76. The molecular weight excluding hydrogens is 218 g/mol. The van der Waals surface area contributed by atoms with Gasteiger partial charge in [0.2, 0.25) is 5.91 Å². The van der Waals surface area contributed by atoms with Gasteiger partial charge >= 0.3 is 0 Å². The Morgan fingerprint density at radius 1 is 1.71 bits per heavy atom. The normalized spacial score (nSPS) is 22.1. The standard InChI is InChI=1S/C11H19N5O/c1-9(16-8-13-7-15-16)11(17)14-6-10-3-2-4-12-5-10/h7-10,12H,2-6H2,1H3,(H,14,17). The molecule has 94 valence electrons. The zero-order valence-electron chi connectivity index (χ0n) is 10.1. The van der Waals surface area contributed by atoms with E-state index in [9.17, 15) is 4.79 Å². The molecule has 17 heavy (non-hydrogen) atoms. The topological polar surface area (TPSA) is 71.8 Å². The van der Waals surface area contributed by atoms with Crippen molar-refractivity contribution >= 4 is 5.91 Å². The van der Waals surface area contributed by atoms with Crippen molar-refractivity contribution in [3.63, 3.8) is 0 Å². The van der Waals surface area contributed by atoms with Crippen molar-refractivity contribution in [1.29, 1.82) is 0 Å². The maximum Gasteiger partial charge on any atom is 0.244 e. The van der Waals surface area contributed by atoms with Gasteiger partial charge in [-0.15, -0.1) is 0 Å². The molecule has 0 radical (unpaired) electrons. The number of carbonyl (C=O) groups is 1. The van der Waals surface area contributed by atoms with Gasteiger partial charge in [-0.3, -0.25) is 4.79 Å². The van der Waals surface area contributed by atoms with Gasteiger partial charge in [-0.1, -0.05) is 0 Å². The lowest BCUT2D eigenvalue weighted by Crippen LogP contribution is -2.40. The molecule has 6 heteroatoms. The molecule has 1 amide bonds. The number of nitrogens with one attached hydrogen (secondary N) is 2. The van der Waals surface area contributed by atoms with Gasteiger partial charge < -0.3 is 10.6 Å². The molecule has 1 aliphatic rings. The van der Waals surface area contributed by atoms with Crippen LogP contribution in [0.4, 0.5) is 0 Å². The van der Waals surface area contributed by atoms with E-state index in [2.05, 4.69) is 20.7 Å². The van der Waals surface area contributed by atoms with Gasteiger partial charge in [0, 0.05) is 6.54 Å². The van der Waals surface area contributed by atoms with E-state index in [0.717, 1.165) is 19.6 Å². The molecule has 2 heterocycles. The SMILES string of the molecule is CC(C(=O)NCC1CCCNC1)n1cncn1. The third kappa shape index (κ3) is 3.26. The fourth-order valence-corrected chi connectivity index (χ4v) is 2.03. The van der Waals surface area contributed by atoms with Crippen molar-refractivity contribution in [2.75, 3.05) is 19.6 Å². The summed E-state index contributed by atoms with van der Waals surface area (Å²) in [5, 5.41) is 10.3. The molecule has 0 aromatic carbocycles. The van der Waals surface area contributed by atoms with Crippen LogP contribution in [0.25, 0.3) is 0 Å². The minimum absolute atomic E-state index is 0.000994. The fraction of sp³-hybridized carbons (Fsp3) is 0.727. The first-order valence-electron chi connectivity index (χ1n) is 6.10. The number of hydrogen-bond acceptors (Lipinski definition) is 4. The minimum Gasteiger partial charge on any atom is -0.354 e. The predicted octanol–water partition coefficient (Wildman–Crippen LogP) is -0.0451. The average Bonchev–Trinajstić information content (AvgIpc) is 2.90. The zero-order chi connectivity index (χ0) is 12.1. The van der Waals surface area contributed by atoms with Crippen LogP contribution in [0.5, 0.6) is 0 Å². The molecule has 1 aromatic rings. The summed E-state index contributed by atoms with van der Waals surface area (Å²) in [5.41, 5.74) is 0. The minimum atomic E-state index is -0.297. The lowest BCUT2D eigenvalue weighted by atomic mass is 10.00. The molecule has 0 aliphatic carbocycles. The van der Waals surface area contributed by atoms with E-state index in [4.69, 9.17) is 0 Å². The van der Waals surface area contributed by atoms with E-state index < -0.39 is 0 Å². The fourth-order valence-electron chi connectivity index (χ4n) is 2.03. The highest BCUT2D eigenvalue weighted by Crippen LogP contribution is 2.09. The molecule has 2 N–H and O–H groups in total. The first-order chi connectivity index (χ1) is 8.27. The molecule has 1 aromatic heterocycles. The highest BCUT2D eigenvalue weighted by Gasteiger charge is 2.18. The van der Waals surface area contributed by atoms with E-state index in [-0.39, 0.29) is 11.9 Å². The third-order valence-electron chi connectivity index (χ3n) is 3.18. The number of aromatic nitrogens is 3. The van der Waals surface area contributed by atoms with E-state index in [1.54, 1.807) is 11.0 Å². The number of carbonyl (C=O) groups excluding carboxylic acids is 1. The van der Waals surface area contributed by atoms with Crippen LogP contribution in [0.2, 0.25) is 0 Å². The summed E-state index contributed by atoms with van der Waals surface area (Å²) in [5.74, 6) is 0.553. The average molecular weight is 237 g/mol. The zero-order valence-corrected chi connectivity index (χ0v) is 10.1. The number of hydrogen-bond donors (Lipinski definition) is 2. The first kappa shape index (κ1) is 12.0. The van der Waals surface area contributed by atoms with Gasteiger partial charge in [0.1, 0.15) is 18.7 Å². The second-order valence-corrected chi connectivity index (χ2v) is 4.51. The lowest BCUT2D eigenvalue weighted by molar-refractivity contribution is -0.124. The van der Waals surface area contributed by atoms with Crippen LogP contribution in [0, 0.1) is 5.92 Å². The van der Waals surface area contributed by atoms with Crippen molar-refractivity contribution in [2.24, 2.45) is 5.92 Å². The lowest BCUT2D eigenvalue weighted by Gasteiger charge is -2.23. The molecule has 1 fully saturated rings. The van der Waals surface area contributed by atoms with E-state index >= 15 is 0 Å². The van der Waals surface area contributed by atoms with E-state index in [1.165, 1.54) is 19.2 Å².